The predicted octanol–water partition coefficient (Wildman–Crippen LogP) is 0.569. The number of guanidine groups is 1. The van der Waals surface area contributed by atoms with Crippen LogP contribution in [0.4, 0.5) is 0 Å². The third-order valence-corrected chi connectivity index (χ3v) is 1.86. The average molecular weight is 188 g/mol. The summed E-state index contributed by atoms with van der Waals surface area (Å²) in [5.41, 5.74) is 3.91. The molecule has 1 heterocycles. The van der Waals surface area contributed by atoms with Gasteiger partial charge in [0.25, 0.3) is 0 Å². The minimum Gasteiger partial charge on any atom is -0.353 e. The molecule has 0 radical (unpaired) electrons. The quantitative estimate of drug-likeness (QED) is 0.526. The molecule has 4 nitrogen and oxygen atoms in total. The van der Waals surface area contributed by atoms with E-state index in [2.05, 4.69) is 20.8 Å². The van der Waals surface area contributed by atoms with Crippen LogP contribution >= 0.6 is 0 Å². The summed E-state index contributed by atoms with van der Waals surface area (Å²) in [6.07, 6.45) is 1.77. The Bertz CT molecular complexity index is 342. The topological polar surface area (TPSA) is 48.8 Å². The van der Waals surface area contributed by atoms with E-state index < -0.39 is 0 Å². The highest BCUT2D eigenvalue weighted by Crippen LogP contribution is 1.93. The van der Waals surface area contributed by atoms with E-state index in [1.165, 1.54) is 0 Å². The van der Waals surface area contributed by atoms with E-state index in [-0.39, 0.29) is 0 Å². The van der Waals surface area contributed by atoms with Crippen molar-refractivity contribution in [2.24, 2.45) is 10.1 Å². The first-order valence-corrected chi connectivity index (χ1v) is 4.57. The molecule has 0 spiro atoms. The highest BCUT2D eigenvalue weighted by molar-refractivity contribution is 5.84. The van der Waals surface area contributed by atoms with Crippen LogP contribution < -0.4 is 10.7 Å². The van der Waals surface area contributed by atoms with Gasteiger partial charge in [0.2, 0.25) is 5.96 Å². The monoisotopic (exact) mass is 188 g/mol. The zero-order valence-corrected chi connectivity index (χ0v) is 7.77. The smallest absolute Gasteiger partial charge is 0.212 e. The molecule has 0 unspecified atom stereocenters. The molecule has 72 valence electrons. The summed E-state index contributed by atoms with van der Waals surface area (Å²) >= 11 is 0. The van der Waals surface area contributed by atoms with Crippen molar-refractivity contribution in [2.75, 3.05) is 13.1 Å². The van der Waals surface area contributed by atoms with Crippen LogP contribution in [0.2, 0.25) is 0 Å². The Morgan fingerprint density at radius 2 is 2.21 bits per heavy atom. The molecule has 0 saturated heterocycles. The number of nitrogens with zero attached hydrogens (tertiary/aromatic N) is 2. The van der Waals surface area contributed by atoms with E-state index in [4.69, 9.17) is 0 Å². The first-order chi connectivity index (χ1) is 6.95. The van der Waals surface area contributed by atoms with Crippen LogP contribution in [0, 0.1) is 0 Å². The number of hydrogen-bond donors (Lipinski definition) is 2. The highest BCUT2D eigenvalue weighted by atomic mass is 15.4. The summed E-state index contributed by atoms with van der Waals surface area (Å²) in [4.78, 5) is 4.15. The number of benzene rings is 1. The Morgan fingerprint density at radius 1 is 1.36 bits per heavy atom. The molecule has 0 aliphatic carbocycles. The molecule has 0 aromatic heterocycles. The van der Waals surface area contributed by atoms with Crippen LogP contribution in [0.5, 0.6) is 0 Å². The first kappa shape index (κ1) is 8.74. The lowest BCUT2D eigenvalue weighted by molar-refractivity contribution is 0.920. The third-order valence-electron chi connectivity index (χ3n) is 1.86. The van der Waals surface area contributed by atoms with Gasteiger partial charge in [-0.15, -0.1) is 0 Å². The summed E-state index contributed by atoms with van der Waals surface area (Å²) in [5, 5.41) is 7.12. The van der Waals surface area contributed by atoms with Crippen molar-refractivity contribution < 1.29 is 0 Å². The lowest BCUT2D eigenvalue weighted by Crippen LogP contribution is -2.30. The average Bonchev–Trinajstić information content (AvgIpc) is 2.72. The fourth-order valence-electron chi connectivity index (χ4n) is 1.18. The molecule has 0 atom stereocenters. The molecule has 2 N–H and O–H groups in total. The molecule has 1 aliphatic rings. The minimum absolute atomic E-state index is 0.747. The molecular weight excluding hydrogens is 176 g/mol. The second-order valence-corrected chi connectivity index (χ2v) is 2.94. The van der Waals surface area contributed by atoms with E-state index in [1.54, 1.807) is 6.21 Å². The van der Waals surface area contributed by atoms with Crippen molar-refractivity contribution in [3.8, 4) is 0 Å². The molecule has 0 amide bonds. The maximum atomic E-state index is 4.15. The van der Waals surface area contributed by atoms with E-state index in [1.807, 2.05) is 30.3 Å². The van der Waals surface area contributed by atoms with Gasteiger partial charge < -0.3 is 5.32 Å². The van der Waals surface area contributed by atoms with Crippen LogP contribution in [0.3, 0.4) is 0 Å². The SMILES string of the molecule is C(=N\NC1=NCCN1)/c1ccccc1. The van der Waals surface area contributed by atoms with Gasteiger partial charge in [0.05, 0.1) is 12.8 Å². The maximum Gasteiger partial charge on any atom is 0.212 e. The van der Waals surface area contributed by atoms with Crippen molar-refractivity contribution in [1.82, 2.24) is 10.7 Å². The van der Waals surface area contributed by atoms with Gasteiger partial charge in [-0.25, -0.2) is 10.4 Å². The molecule has 1 aromatic carbocycles. The van der Waals surface area contributed by atoms with E-state index in [0.717, 1.165) is 24.6 Å². The van der Waals surface area contributed by atoms with Gasteiger partial charge >= 0.3 is 0 Å². The van der Waals surface area contributed by atoms with Crippen molar-refractivity contribution in [1.29, 1.82) is 0 Å². The van der Waals surface area contributed by atoms with Crippen LogP contribution in [0.15, 0.2) is 40.4 Å². The zero-order valence-electron chi connectivity index (χ0n) is 7.77. The Morgan fingerprint density at radius 3 is 2.93 bits per heavy atom. The Labute approximate surface area is 82.7 Å². The van der Waals surface area contributed by atoms with Gasteiger partial charge in [0, 0.05) is 6.54 Å². The molecule has 4 heteroatoms. The number of hydrazone groups is 1. The number of hydrogen-bond acceptors (Lipinski definition) is 4. The predicted molar refractivity (Wildman–Crippen MR) is 57.5 cm³/mol. The normalized spacial score (nSPS) is 15.3. The Kier molecular flexibility index (Phi) is 2.76. The standard InChI is InChI=1S/C10H12N4/c1-2-4-9(5-3-1)8-13-14-10-11-6-7-12-10/h1-5,8H,6-7H2,(H2,11,12,14)/b13-8+. The lowest BCUT2D eigenvalue weighted by Gasteiger charge is -1.98. The number of aliphatic imine (C=N–C) groups is 1. The number of rotatable bonds is 2. The van der Waals surface area contributed by atoms with Crippen LogP contribution in [-0.2, 0) is 0 Å². The van der Waals surface area contributed by atoms with Crippen molar-refractivity contribution >= 4 is 12.2 Å². The summed E-state index contributed by atoms with van der Waals surface area (Å²) in [6, 6.07) is 9.93. The number of nitrogens with one attached hydrogen (secondary N) is 2. The van der Waals surface area contributed by atoms with Gasteiger partial charge in [-0.3, -0.25) is 0 Å². The molecule has 2 rings (SSSR count). The lowest BCUT2D eigenvalue weighted by atomic mass is 10.2. The van der Waals surface area contributed by atoms with Crippen LogP contribution in [0.1, 0.15) is 5.56 Å². The molecule has 0 bridgehead atoms. The molecule has 0 fully saturated rings. The molecule has 0 saturated carbocycles. The molecular formula is C10H12N4. The van der Waals surface area contributed by atoms with E-state index in [0.29, 0.717) is 0 Å². The van der Waals surface area contributed by atoms with E-state index in [9.17, 15) is 0 Å². The zero-order chi connectivity index (χ0) is 9.64. The van der Waals surface area contributed by atoms with Gasteiger partial charge in [0.15, 0.2) is 0 Å². The van der Waals surface area contributed by atoms with Gasteiger partial charge in [-0.1, -0.05) is 30.3 Å². The Balaban J connectivity index is 1.88. The maximum absolute atomic E-state index is 4.15. The van der Waals surface area contributed by atoms with Crippen LogP contribution in [-0.4, -0.2) is 25.3 Å². The summed E-state index contributed by atoms with van der Waals surface area (Å²) < 4.78 is 0. The highest BCUT2D eigenvalue weighted by Gasteiger charge is 2.00. The largest absolute Gasteiger partial charge is 0.353 e. The first-order valence-electron chi connectivity index (χ1n) is 4.57. The summed E-state index contributed by atoms with van der Waals surface area (Å²) in [5.74, 6) is 0.747. The van der Waals surface area contributed by atoms with Gasteiger partial charge in [-0.05, 0) is 5.56 Å². The summed E-state index contributed by atoms with van der Waals surface area (Å²) in [6.45, 7) is 1.71. The minimum atomic E-state index is 0.747. The van der Waals surface area contributed by atoms with Crippen molar-refractivity contribution in [3.63, 3.8) is 0 Å². The molecule has 14 heavy (non-hydrogen) atoms. The summed E-state index contributed by atoms with van der Waals surface area (Å²) in [7, 11) is 0. The second-order valence-electron chi connectivity index (χ2n) is 2.94. The van der Waals surface area contributed by atoms with Crippen molar-refractivity contribution in [3.05, 3.63) is 35.9 Å². The molecule has 1 aliphatic heterocycles. The van der Waals surface area contributed by atoms with Crippen LogP contribution in [0.25, 0.3) is 0 Å². The fraction of sp³-hybridized carbons (Fsp3) is 0.200. The fourth-order valence-corrected chi connectivity index (χ4v) is 1.18. The van der Waals surface area contributed by atoms with E-state index >= 15 is 0 Å². The molecule has 1 aromatic rings. The van der Waals surface area contributed by atoms with Crippen molar-refractivity contribution in [2.45, 2.75) is 0 Å². The Hall–Kier alpha value is -1.84. The van der Waals surface area contributed by atoms with Gasteiger partial charge in [-0.2, -0.15) is 5.10 Å². The van der Waals surface area contributed by atoms with Gasteiger partial charge in [0.1, 0.15) is 0 Å². The second kappa shape index (κ2) is 4.41. The third kappa shape index (κ3) is 2.32.